The molecule has 17 heavy (non-hydrogen) atoms. The maximum absolute atomic E-state index is 9.36. The Morgan fingerprint density at radius 1 is 1.29 bits per heavy atom. The molecule has 0 amide bonds. The molecule has 1 saturated heterocycles. The molecule has 1 aliphatic rings. The highest BCUT2D eigenvalue weighted by Crippen LogP contribution is 2.22. The maximum Gasteiger partial charge on any atom is 0.0599 e. The maximum atomic E-state index is 9.36. The number of nitrogens with zero attached hydrogens (tertiary/aromatic N) is 2. The van der Waals surface area contributed by atoms with Gasteiger partial charge in [-0.25, -0.2) is 0 Å². The number of aliphatic hydroxyl groups excluding tert-OH is 1. The molecule has 1 aromatic carbocycles. The Morgan fingerprint density at radius 3 is 2.65 bits per heavy atom. The van der Waals surface area contributed by atoms with Gasteiger partial charge in [0.05, 0.1) is 6.61 Å². The first-order valence-electron chi connectivity index (χ1n) is 6.32. The van der Waals surface area contributed by atoms with Gasteiger partial charge in [-0.05, 0) is 19.5 Å². The molecule has 0 saturated carbocycles. The summed E-state index contributed by atoms with van der Waals surface area (Å²) in [6.45, 7) is 5.54. The van der Waals surface area contributed by atoms with Crippen LogP contribution in [0.5, 0.6) is 0 Å². The summed E-state index contributed by atoms with van der Waals surface area (Å²) in [6, 6.07) is 11.3. The Balaban J connectivity index is 2.03. The van der Waals surface area contributed by atoms with Crippen LogP contribution in [0.2, 0.25) is 0 Å². The van der Waals surface area contributed by atoms with E-state index in [2.05, 4.69) is 54.1 Å². The highest BCUT2D eigenvalue weighted by atomic mass is 16.3. The van der Waals surface area contributed by atoms with Crippen LogP contribution in [0.15, 0.2) is 30.3 Å². The lowest BCUT2D eigenvalue weighted by Gasteiger charge is -2.41. The van der Waals surface area contributed by atoms with Crippen LogP contribution >= 0.6 is 0 Å². The van der Waals surface area contributed by atoms with Crippen LogP contribution in [0.1, 0.15) is 18.5 Å². The first kappa shape index (κ1) is 12.6. The van der Waals surface area contributed by atoms with E-state index in [0.717, 1.165) is 19.6 Å². The number of piperazine rings is 1. The summed E-state index contributed by atoms with van der Waals surface area (Å²) in [5.74, 6) is 0. The second kappa shape index (κ2) is 5.63. The molecule has 94 valence electrons. The van der Waals surface area contributed by atoms with E-state index in [0.29, 0.717) is 6.04 Å². The summed E-state index contributed by atoms with van der Waals surface area (Å²) in [7, 11) is 2.09. The van der Waals surface area contributed by atoms with E-state index in [9.17, 15) is 5.11 Å². The molecule has 3 nitrogen and oxygen atoms in total. The summed E-state index contributed by atoms with van der Waals surface area (Å²) in [6.07, 6.45) is 0. The van der Waals surface area contributed by atoms with Gasteiger partial charge in [0, 0.05) is 31.7 Å². The van der Waals surface area contributed by atoms with Crippen molar-refractivity contribution < 1.29 is 5.11 Å². The molecule has 1 fully saturated rings. The van der Waals surface area contributed by atoms with Crippen LogP contribution < -0.4 is 0 Å². The van der Waals surface area contributed by atoms with E-state index in [1.807, 2.05) is 0 Å². The van der Waals surface area contributed by atoms with Crippen LogP contribution in [0.25, 0.3) is 0 Å². The number of rotatable bonds is 3. The highest BCUT2D eigenvalue weighted by Gasteiger charge is 2.26. The lowest BCUT2D eigenvalue weighted by Crippen LogP contribution is -2.53. The molecular formula is C14H22N2O. The van der Waals surface area contributed by atoms with Crippen molar-refractivity contribution in [2.45, 2.75) is 19.0 Å². The third-order valence-corrected chi connectivity index (χ3v) is 3.85. The molecular weight excluding hydrogens is 212 g/mol. The van der Waals surface area contributed by atoms with Crippen LogP contribution in [0, 0.1) is 0 Å². The fourth-order valence-corrected chi connectivity index (χ4v) is 2.46. The van der Waals surface area contributed by atoms with Crippen molar-refractivity contribution >= 4 is 0 Å². The predicted molar refractivity (Wildman–Crippen MR) is 69.9 cm³/mol. The molecule has 1 aliphatic heterocycles. The van der Waals surface area contributed by atoms with Gasteiger partial charge in [0.25, 0.3) is 0 Å². The zero-order valence-electron chi connectivity index (χ0n) is 10.7. The largest absolute Gasteiger partial charge is 0.395 e. The Hall–Kier alpha value is -0.900. The Kier molecular flexibility index (Phi) is 4.15. The van der Waals surface area contributed by atoms with Crippen LogP contribution in [-0.2, 0) is 0 Å². The number of benzene rings is 1. The molecule has 1 aromatic rings. The van der Waals surface area contributed by atoms with Crippen molar-refractivity contribution in [3.8, 4) is 0 Å². The van der Waals surface area contributed by atoms with Crippen molar-refractivity contribution in [1.29, 1.82) is 0 Å². The van der Waals surface area contributed by atoms with Gasteiger partial charge in [-0.15, -0.1) is 0 Å². The molecule has 1 heterocycles. The topological polar surface area (TPSA) is 26.7 Å². The number of hydrogen-bond donors (Lipinski definition) is 1. The van der Waals surface area contributed by atoms with E-state index in [-0.39, 0.29) is 12.6 Å². The second-order valence-corrected chi connectivity index (χ2v) is 4.90. The van der Waals surface area contributed by atoms with Crippen molar-refractivity contribution in [1.82, 2.24) is 9.80 Å². The van der Waals surface area contributed by atoms with E-state index in [1.165, 1.54) is 5.56 Å². The summed E-state index contributed by atoms with van der Waals surface area (Å²) < 4.78 is 0. The second-order valence-electron chi connectivity index (χ2n) is 4.90. The normalized spacial score (nSPS) is 24.8. The average molecular weight is 234 g/mol. The fourth-order valence-electron chi connectivity index (χ4n) is 2.46. The van der Waals surface area contributed by atoms with Gasteiger partial charge in [-0.3, -0.25) is 9.80 Å². The molecule has 0 aliphatic carbocycles. The van der Waals surface area contributed by atoms with E-state index < -0.39 is 0 Å². The summed E-state index contributed by atoms with van der Waals surface area (Å²) in [4.78, 5) is 4.70. The minimum absolute atomic E-state index is 0.245. The predicted octanol–water partition coefficient (Wildman–Crippen LogP) is 1.36. The third-order valence-electron chi connectivity index (χ3n) is 3.85. The number of likely N-dealkylation sites (N-methyl/N-ethyl adjacent to an activating group) is 1. The van der Waals surface area contributed by atoms with Gasteiger partial charge in [0.1, 0.15) is 0 Å². The van der Waals surface area contributed by atoms with Gasteiger partial charge in [-0.2, -0.15) is 0 Å². The van der Waals surface area contributed by atoms with Crippen LogP contribution in [0.3, 0.4) is 0 Å². The van der Waals surface area contributed by atoms with Gasteiger partial charge >= 0.3 is 0 Å². The molecule has 2 rings (SSSR count). The van der Waals surface area contributed by atoms with Crippen LogP contribution in [-0.4, -0.2) is 54.2 Å². The van der Waals surface area contributed by atoms with Crippen molar-refractivity contribution in [3.05, 3.63) is 35.9 Å². The Bertz CT molecular complexity index is 341. The molecule has 2 atom stereocenters. The molecule has 3 heteroatoms. The van der Waals surface area contributed by atoms with Gasteiger partial charge in [0.15, 0.2) is 0 Å². The quantitative estimate of drug-likeness (QED) is 0.855. The first-order chi connectivity index (χ1) is 8.22. The van der Waals surface area contributed by atoms with Gasteiger partial charge in [-0.1, -0.05) is 30.3 Å². The zero-order valence-corrected chi connectivity index (χ0v) is 10.7. The highest BCUT2D eigenvalue weighted by molar-refractivity contribution is 5.18. The monoisotopic (exact) mass is 234 g/mol. The van der Waals surface area contributed by atoms with E-state index in [1.54, 1.807) is 0 Å². The lowest BCUT2D eigenvalue weighted by atomic mass is 10.0. The fraction of sp³-hybridized carbons (Fsp3) is 0.571. The molecule has 0 radical (unpaired) electrons. The van der Waals surface area contributed by atoms with Crippen molar-refractivity contribution in [3.63, 3.8) is 0 Å². The minimum atomic E-state index is 0.245. The van der Waals surface area contributed by atoms with Crippen LogP contribution in [0.4, 0.5) is 0 Å². The van der Waals surface area contributed by atoms with Gasteiger partial charge in [0.2, 0.25) is 0 Å². The van der Waals surface area contributed by atoms with E-state index in [4.69, 9.17) is 0 Å². The Morgan fingerprint density at radius 2 is 2.00 bits per heavy atom. The summed E-state index contributed by atoms with van der Waals surface area (Å²) >= 11 is 0. The van der Waals surface area contributed by atoms with E-state index >= 15 is 0 Å². The Labute approximate surface area is 104 Å². The lowest BCUT2D eigenvalue weighted by molar-refractivity contribution is 0.0389. The third kappa shape index (κ3) is 2.86. The van der Waals surface area contributed by atoms with Crippen molar-refractivity contribution in [2.75, 3.05) is 33.3 Å². The minimum Gasteiger partial charge on any atom is -0.395 e. The molecule has 2 unspecified atom stereocenters. The standard InChI is InChI=1S/C14H22N2O/c1-12(13-6-4-3-5-7-13)16-9-8-15(2)14(10-16)11-17/h3-7,12,14,17H,8-11H2,1-2H3. The number of aliphatic hydroxyl groups is 1. The molecule has 0 aromatic heterocycles. The molecule has 0 spiro atoms. The average Bonchev–Trinajstić information content (AvgIpc) is 2.39. The van der Waals surface area contributed by atoms with Gasteiger partial charge < -0.3 is 5.11 Å². The molecule has 0 bridgehead atoms. The SMILES string of the molecule is CC(c1ccccc1)N1CCN(C)C(CO)C1. The first-order valence-corrected chi connectivity index (χ1v) is 6.32. The van der Waals surface area contributed by atoms with Crippen molar-refractivity contribution in [2.24, 2.45) is 0 Å². The summed E-state index contributed by atoms with van der Waals surface area (Å²) in [5, 5.41) is 9.36. The zero-order chi connectivity index (χ0) is 12.3. The summed E-state index contributed by atoms with van der Waals surface area (Å²) in [5.41, 5.74) is 1.36. The smallest absolute Gasteiger partial charge is 0.0599 e. The number of hydrogen-bond acceptors (Lipinski definition) is 3. The molecule has 1 N–H and O–H groups in total.